The molecule has 0 fully saturated rings. The van der Waals surface area contributed by atoms with E-state index in [-0.39, 0.29) is 35.9 Å². The first kappa shape index (κ1) is 22.9. The zero-order valence-electron chi connectivity index (χ0n) is 13.7. The number of hydrogen-bond donors (Lipinski definition) is 1. The molecule has 0 aliphatic carbocycles. The summed E-state index contributed by atoms with van der Waals surface area (Å²) in [6, 6.07) is 0.0337. The van der Waals surface area contributed by atoms with Crippen LogP contribution in [0.25, 0.3) is 0 Å². The average Bonchev–Trinajstić information content (AvgIpc) is 2.34. The van der Waals surface area contributed by atoms with E-state index in [1.807, 2.05) is 20.8 Å². The zero-order chi connectivity index (χ0) is 15.8. The van der Waals surface area contributed by atoms with Gasteiger partial charge in [0.15, 0.2) is 9.84 Å². The fraction of sp³-hybridized carbons (Fsp3) is 0.929. The first-order chi connectivity index (χ1) is 9.19. The van der Waals surface area contributed by atoms with Crippen LogP contribution in [-0.2, 0) is 14.6 Å². The number of sulfone groups is 1. The number of halogens is 1. The number of carbonyl (C=O) groups is 1. The van der Waals surface area contributed by atoms with E-state index in [2.05, 4.69) is 0 Å². The summed E-state index contributed by atoms with van der Waals surface area (Å²) in [7, 11) is -1.64. The zero-order valence-corrected chi connectivity index (χ0v) is 15.3. The second-order valence-corrected chi connectivity index (χ2v) is 8.00. The van der Waals surface area contributed by atoms with Gasteiger partial charge in [0.25, 0.3) is 0 Å². The molecule has 0 rings (SSSR count). The van der Waals surface area contributed by atoms with Crippen molar-refractivity contribution in [2.24, 2.45) is 11.7 Å². The Kier molecular flexibility index (Phi) is 12.3. The number of hydrogen-bond acceptors (Lipinski definition) is 4. The normalized spacial score (nSPS) is 12.9. The third-order valence-electron chi connectivity index (χ3n) is 3.48. The summed E-state index contributed by atoms with van der Waals surface area (Å²) in [6.07, 6.45) is 3.17. The van der Waals surface area contributed by atoms with Gasteiger partial charge < -0.3 is 10.6 Å². The van der Waals surface area contributed by atoms with Gasteiger partial charge in [0.2, 0.25) is 5.91 Å². The molecule has 0 aromatic heterocycles. The molecule has 0 heterocycles. The summed E-state index contributed by atoms with van der Waals surface area (Å²) in [6.45, 7) is 6.58. The van der Waals surface area contributed by atoms with Gasteiger partial charge in [-0.3, -0.25) is 4.79 Å². The van der Waals surface area contributed by atoms with E-state index in [1.165, 1.54) is 4.90 Å². The van der Waals surface area contributed by atoms with Gasteiger partial charge >= 0.3 is 0 Å². The highest BCUT2D eigenvalue weighted by molar-refractivity contribution is 7.92. The topological polar surface area (TPSA) is 80.5 Å². The van der Waals surface area contributed by atoms with Crippen LogP contribution in [0, 0.1) is 5.92 Å². The number of rotatable bonds is 10. The van der Waals surface area contributed by atoms with Crippen LogP contribution >= 0.6 is 12.4 Å². The molecule has 7 heteroatoms. The van der Waals surface area contributed by atoms with Gasteiger partial charge in [0.05, 0.1) is 5.75 Å². The Morgan fingerprint density at radius 3 is 2.29 bits per heavy atom. The Hall–Kier alpha value is -0.330. The number of nitrogens with zero attached hydrogens (tertiary/aromatic N) is 1. The molecular formula is C14H31ClN2O3S. The summed E-state index contributed by atoms with van der Waals surface area (Å²) < 4.78 is 23.6. The molecule has 1 amide bonds. The van der Waals surface area contributed by atoms with Crippen LogP contribution in [0.4, 0.5) is 0 Å². The van der Waals surface area contributed by atoms with Crippen LogP contribution in [0.3, 0.4) is 0 Å². The molecule has 0 saturated carbocycles. The summed E-state index contributed by atoms with van der Waals surface area (Å²) in [4.78, 5) is 13.4. The smallest absolute Gasteiger partial charge is 0.237 e. The van der Waals surface area contributed by atoms with Crippen molar-refractivity contribution in [3.8, 4) is 0 Å². The van der Waals surface area contributed by atoms with Crippen molar-refractivity contribution in [3.63, 3.8) is 0 Å². The molecule has 0 spiro atoms. The maximum Gasteiger partial charge on any atom is 0.237 e. The van der Waals surface area contributed by atoms with Gasteiger partial charge in [-0.1, -0.05) is 33.6 Å². The summed E-state index contributed by atoms with van der Waals surface area (Å²) in [5, 5.41) is 0. The molecule has 0 aromatic carbocycles. The van der Waals surface area contributed by atoms with E-state index in [9.17, 15) is 13.2 Å². The molecule has 0 bridgehead atoms. The minimum atomic E-state index is -3.28. The van der Waals surface area contributed by atoms with Crippen molar-refractivity contribution >= 4 is 28.2 Å². The van der Waals surface area contributed by atoms with Gasteiger partial charge in [0.1, 0.15) is 5.75 Å². The second-order valence-electron chi connectivity index (χ2n) is 5.81. The van der Waals surface area contributed by atoms with E-state index in [0.29, 0.717) is 25.3 Å². The predicted molar refractivity (Wildman–Crippen MR) is 90.5 cm³/mol. The molecule has 1 atom stereocenters. The fourth-order valence-corrected chi connectivity index (χ4v) is 3.13. The standard InChI is InChI=1S/C14H30N2O3S.ClH/c1-5-6-7-10-20(18,19)11-14(17)16(4)9-8-13(15)12(2)3;/h12-13H,5-11,15H2,1-4H3;1H. The summed E-state index contributed by atoms with van der Waals surface area (Å²) in [5.74, 6) is -0.260. The quantitative estimate of drug-likeness (QED) is 0.614. The van der Waals surface area contributed by atoms with E-state index in [1.54, 1.807) is 7.05 Å². The lowest BCUT2D eigenvalue weighted by atomic mass is 10.0. The first-order valence-electron chi connectivity index (χ1n) is 7.39. The van der Waals surface area contributed by atoms with Crippen molar-refractivity contribution in [2.45, 2.75) is 52.5 Å². The summed E-state index contributed by atoms with van der Waals surface area (Å²) >= 11 is 0. The summed E-state index contributed by atoms with van der Waals surface area (Å²) in [5.41, 5.74) is 5.92. The van der Waals surface area contributed by atoms with Crippen LogP contribution in [-0.4, -0.2) is 50.4 Å². The highest BCUT2D eigenvalue weighted by Gasteiger charge is 2.20. The van der Waals surface area contributed by atoms with Crippen molar-refractivity contribution in [1.82, 2.24) is 4.90 Å². The Balaban J connectivity index is 0. The molecule has 0 aliphatic heterocycles. The third kappa shape index (κ3) is 11.0. The predicted octanol–water partition coefficient (Wildman–Crippen LogP) is 1.84. The van der Waals surface area contributed by atoms with Crippen molar-refractivity contribution in [1.29, 1.82) is 0 Å². The van der Waals surface area contributed by atoms with Crippen LogP contribution in [0.15, 0.2) is 0 Å². The fourth-order valence-electron chi connectivity index (χ4n) is 1.74. The molecule has 2 N–H and O–H groups in total. The average molecular weight is 343 g/mol. The molecule has 0 radical (unpaired) electrons. The maximum absolute atomic E-state index is 11.9. The number of carbonyl (C=O) groups excluding carboxylic acids is 1. The Morgan fingerprint density at radius 2 is 1.81 bits per heavy atom. The SMILES string of the molecule is CCCCCS(=O)(=O)CC(=O)N(C)CCC(N)C(C)C.Cl. The molecule has 21 heavy (non-hydrogen) atoms. The Bertz CT molecular complexity index is 386. The lowest BCUT2D eigenvalue weighted by molar-refractivity contribution is -0.127. The third-order valence-corrected chi connectivity index (χ3v) is 5.08. The lowest BCUT2D eigenvalue weighted by Gasteiger charge is -2.21. The maximum atomic E-state index is 11.9. The van der Waals surface area contributed by atoms with Gasteiger partial charge in [-0.25, -0.2) is 8.42 Å². The van der Waals surface area contributed by atoms with Gasteiger partial charge in [-0.05, 0) is 18.8 Å². The van der Waals surface area contributed by atoms with Crippen LogP contribution in [0.5, 0.6) is 0 Å². The number of nitrogens with two attached hydrogens (primary N) is 1. The monoisotopic (exact) mass is 342 g/mol. The first-order valence-corrected chi connectivity index (χ1v) is 9.21. The molecule has 128 valence electrons. The molecule has 0 saturated heterocycles. The minimum absolute atomic E-state index is 0. The molecule has 0 aromatic rings. The van der Waals surface area contributed by atoms with E-state index < -0.39 is 9.84 Å². The van der Waals surface area contributed by atoms with Crippen LogP contribution in [0.2, 0.25) is 0 Å². The largest absolute Gasteiger partial charge is 0.345 e. The van der Waals surface area contributed by atoms with Crippen LogP contribution in [0.1, 0.15) is 46.5 Å². The molecular weight excluding hydrogens is 312 g/mol. The van der Waals surface area contributed by atoms with Gasteiger partial charge in [-0.15, -0.1) is 12.4 Å². The van der Waals surface area contributed by atoms with E-state index >= 15 is 0 Å². The minimum Gasteiger partial charge on any atom is -0.345 e. The Labute approximate surface area is 136 Å². The highest BCUT2D eigenvalue weighted by Crippen LogP contribution is 2.05. The van der Waals surface area contributed by atoms with Crippen molar-refractivity contribution in [2.75, 3.05) is 25.1 Å². The van der Waals surface area contributed by atoms with Gasteiger partial charge in [-0.2, -0.15) is 0 Å². The second kappa shape index (κ2) is 11.3. The lowest BCUT2D eigenvalue weighted by Crippen LogP contribution is -2.37. The van der Waals surface area contributed by atoms with Crippen molar-refractivity contribution < 1.29 is 13.2 Å². The molecule has 1 unspecified atom stereocenters. The van der Waals surface area contributed by atoms with E-state index in [0.717, 1.165) is 12.8 Å². The number of amides is 1. The van der Waals surface area contributed by atoms with Gasteiger partial charge in [0, 0.05) is 19.6 Å². The van der Waals surface area contributed by atoms with Crippen molar-refractivity contribution in [3.05, 3.63) is 0 Å². The molecule has 5 nitrogen and oxygen atoms in total. The highest BCUT2D eigenvalue weighted by atomic mass is 35.5. The Morgan fingerprint density at radius 1 is 1.24 bits per heavy atom. The van der Waals surface area contributed by atoms with Crippen LogP contribution < -0.4 is 5.73 Å². The molecule has 0 aliphatic rings. The van der Waals surface area contributed by atoms with E-state index in [4.69, 9.17) is 5.73 Å². The number of unbranched alkanes of at least 4 members (excludes halogenated alkanes) is 2.